The van der Waals surface area contributed by atoms with Gasteiger partial charge >= 0.3 is 5.97 Å². The monoisotopic (exact) mass is 246 g/mol. The molecule has 0 radical (unpaired) electrons. The molecule has 94 valence electrons. The molecule has 0 amide bonds. The molecule has 0 fully saturated rings. The minimum Gasteiger partial charge on any atom is -0.469 e. The maximum Gasteiger partial charge on any atom is 0.311 e. The number of carbonyl (C=O) groups excluding carboxylic acids is 1. The number of nitrogens with one attached hydrogen (secondary N) is 1. The van der Waals surface area contributed by atoms with Crippen LogP contribution in [-0.2, 0) is 22.5 Å². The fourth-order valence-electron chi connectivity index (χ4n) is 1.37. The Balaban J connectivity index is 3.27. The second kappa shape index (κ2) is 5.53. The van der Waals surface area contributed by atoms with E-state index in [4.69, 9.17) is 5.73 Å². The number of methoxy groups -OCH3 is 1. The zero-order valence-electron chi connectivity index (χ0n) is 9.13. The number of hydrogen-bond acceptors (Lipinski definition) is 4. The number of halogens is 2. The summed E-state index contributed by atoms with van der Waals surface area (Å²) in [5.41, 5.74) is 3.59. The molecule has 1 aromatic rings. The predicted molar refractivity (Wildman–Crippen MR) is 55.6 cm³/mol. The minimum atomic E-state index is -2.97. The molecule has 0 unspecified atom stereocenters. The first kappa shape index (κ1) is 13.3. The van der Waals surface area contributed by atoms with E-state index >= 15 is 0 Å². The van der Waals surface area contributed by atoms with Gasteiger partial charge in [0.2, 0.25) is 0 Å². The first-order valence-electron chi connectivity index (χ1n) is 4.79. The smallest absolute Gasteiger partial charge is 0.311 e. The van der Waals surface area contributed by atoms with E-state index in [-0.39, 0.29) is 17.8 Å². The molecule has 1 rings (SSSR count). The Hall–Kier alpha value is -1.76. The highest BCUT2D eigenvalue weighted by atomic mass is 19.3. The van der Waals surface area contributed by atoms with E-state index in [1.54, 1.807) is 0 Å². The Labute approximate surface area is 95.6 Å². The standard InChI is InChI=1S/C10H12F2N2O3/c1-17-7(15)2-6-8(10(11)12)9(16)5(3-13)4-14-6/h4,10H,2-3,13H2,1H3,(H,14,16). The summed E-state index contributed by atoms with van der Waals surface area (Å²) in [6, 6.07) is 0. The van der Waals surface area contributed by atoms with Crippen molar-refractivity contribution >= 4 is 5.97 Å². The molecule has 3 N–H and O–H groups in total. The normalized spacial score (nSPS) is 10.6. The summed E-state index contributed by atoms with van der Waals surface area (Å²) in [4.78, 5) is 25.1. The zero-order valence-corrected chi connectivity index (χ0v) is 9.13. The lowest BCUT2D eigenvalue weighted by molar-refractivity contribution is -0.139. The molecule has 0 atom stereocenters. The zero-order chi connectivity index (χ0) is 13.0. The van der Waals surface area contributed by atoms with Gasteiger partial charge < -0.3 is 15.5 Å². The second-order valence-corrected chi connectivity index (χ2v) is 3.29. The van der Waals surface area contributed by atoms with Crippen molar-refractivity contribution in [2.45, 2.75) is 19.4 Å². The number of alkyl halides is 2. The molecule has 17 heavy (non-hydrogen) atoms. The summed E-state index contributed by atoms with van der Waals surface area (Å²) in [5.74, 6) is -0.706. The van der Waals surface area contributed by atoms with Crippen LogP contribution in [0, 0.1) is 0 Å². The van der Waals surface area contributed by atoms with Gasteiger partial charge in [-0.1, -0.05) is 0 Å². The lowest BCUT2D eigenvalue weighted by Crippen LogP contribution is -2.22. The predicted octanol–water partition coefficient (Wildman–Crippen LogP) is 0.487. The number of ether oxygens (including phenoxy) is 1. The Morgan fingerprint density at radius 1 is 1.59 bits per heavy atom. The Bertz CT molecular complexity index is 471. The van der Waals surface area contributed by atoms with Crippen molar-refractivity contribution in [1.29, 1.82) is 0 Å². The van der Waals surface area contributed by atoms with Gasteiger partial charge in [0, 0.05) is 24.0 Å². The molecule has 7 heteroatoms. The van der Waals surface area contributed by atoms with Crippen molar-refractivity contribution in [3.05, 3.63) is 33.2 Å². The molecule has 5 nitrogen and oxygen atoms in total. The van der Waals surface area contributed by atoms with Crippen LogP contribution in [0.2, 0.25) is 0 Å². The summed E-state index contributed by atoms with van der Waals surface area (Å²) >= 11 is 0. The van der Waals surface area contributed by atoms with Gasteiger partial charge in [0.1, 0.15) is 0 Å². The van der Waals surface area contributed by atoms with Crippen molar-refractivity contribution in [3.8, 4) is 0 Å². The highest BCUT2D eigenvalue weighted by Gasteiger charge is 2.21. The van der Waals surface area contributed by atoms with Crippen LogP contribution in [0.25, 0.3) is 0 Å². The van der Waals surface area contributed by atoms with Gasteiger partial charge in [-0.3, -0.25) is 9.59 Å². The van der Waals surface area contributed by atoms with Gasteiger partial charge in [-0.05, 0) is 0 Å². The Kier molecular flexibility index (Phi) is 4.33. The van der Waals surface area contributed by atoms with E-state index in [1.165, 1.54) is 6.20 Å². The minimum absolute atomic E-state index is 0.0499. The van der Waals surface area contributed by atoms with Crippen LogP contribution in [0.4, 0.5) is 8.78 Å². The van der Waals surface area contributed by atoms with E-state index < -0.39 is 29.8 Å². The third-order valence-corrected chi connectivity index (χ3v) is 2.27. The summed E-state index contributed by atoms with van der Waals surface area (Å²) in [6.45, 7) is -0.145. The van der Waals surface area contributed by atoms with Crippen LogP contribution in [-0.4, -0.2) is 18.1 Å². The number of esters is 1. The van der Waals surface area contributed by atoms with Crippen LogP contribution < -0.4 is 11.2 Å². The van der Waals surface area contributed by atoms with Crippen LogP contribution >= 0.6 is 0 Å². The summed E-state index contributed by atoms with van der Waals surface area (Å²) < 4.78 is 29.8. The van der Waals surface area contributed by atoms with Gasteiger partial charge in [-0.2, -0.15) is 0 Å². The van der Waals surface area contributed by atoms with Crippen LogP contribution in [0.15, 0.2) is 11.0 Å². The van der Waals surface area contributed by atoms with Crippen LogP contribution in [0.1, 0.15) is 23.2 Å². The van der Waals surface area contributed by atoms with Crippen LogP contribution in [0.3, 0.4) is 0 Å². The number of aromatic amines is 1. The Morgan fingerprint density at radius 3 is 2.71 bits per heavy atom. The fraction of sp³-hybridized carbons (Fsp3) is 0.400. The summed E-state index contributed by atoms with van der Waals surface area (Å²) in [7, 11) is 1.14. The van der Waals surface area contributed by atoms with E-state index in [1.807, 2.05) is 0 Å². The Morgan fingerprint density at radius 2 is 2.24 bits per heavy atom. The number of carbonyl (C=O) groups is 1. The fourth-order valence-corrected chi connectivity index (χ4v) is 1.37. The lowest BCUT2D eigenvalue weighted by Gasteiger charge is -2.09. The lowest BCUT2D eigenvalue weighted by atomic mass is 10.1. The van der Waals surface area contributed by atoms with Crippen molar-refractivity contribution in [2.24, 2.45) is 5.73 Å². The number of hydrogen-bond donors (Lipinski definition) is 2. The molecule has 0 saturated heterocycles. The number of rotatable bonds is 4. The number of pyridine rings is 1. The average Bonchev–Trinajstić information content (AvgIpc) is 2.28. The summed E-state index contributed by atoms with van der Waals surface area (Å²) in [5, 5.41) is 0. The third kappa shape index (κ3) is 2.88. The quantitative estimate of drug-likeness (QED) is 0.757. The van der Waals surface area contributed by atoms with Crippen LogP contribution in [0.5, 0.6) is 0 Å². The van der Waals surface area contributed by atoms with Gasteiger partial charge in [0.05, 0.1) is 19.1 Å². The average molecular weight is 246 g/mol. The molecule has 0 saturated carbocycles. The number of aromatic nitrogens is 1. The number of H-pyrrole nitrogens is 1. The highest BCUT2D eigenvalue weighted by molar-refractivity contribution is 5.72. The van der Waals surface area contributed by atoms with E-state index in [9.17, 15) is 18.4 Å². The number of nitrogens with two attached hydrogens (primary N) is 1. The van der Waals surface area contributed by atoms with E-state index in [2.05, 4.69) is 9.72 Å². The molecule has 1 aromatic heterocycles. The molecule has 0 aliphatic carbocycles. The first-order chi connectivity index (χ1) is 8.01. The molecular formula is C10H12F2N2O3. The van der Waals surface area contributed by atoms with Crippen molar-refractivity contribution in [3.63, 3.8) is 0 Å². The van der Waals surface area contributed by atoms with Gasteiger partial charge in [0.25, 0.3) is 6.43 Å². The molecule has 0 spiro atoms. The largest absolute Gasteiger partial charge is 0.469 e. The second-order valence-electron chi connectivity index (χ2n) is 3.29. The highest BCUT2D eigenvalue weighted by Crippen LogP contribution is 2.19. The topological polar surface area (TPSA) is 85.2 Å². The first-order valence-corrected chi connectivity index (χ1v) is 4.79. The van der Waals surface area contributed by atoms with Crippen molar-refractivity contribution in [1.82, 2.24) is 4.98 Å². The van der Waals surface area contributed by atoms with Gasteiger partial charge in [-0.15, -0.1) is 0 Å². The maximum absolute atomic E-state index is 12.7. The van der Waals surface area contributed by atoms with Gasteiger partial charge in [-0.25, -0.2) is 8.78 Å². The van der Waals surface area contributed by atoms with Crippen molar-refractivity contribution < 1.29 is 18.3 Å². The van der Waals surface area contributed by atoms with Gasteiger partial charge in [0.15, 0.2) is 5.43 Å². The van der Waals surface area contributed by atoms with E-state index in [0.29, 0.717) is 0 Å². The molecule has 0 bridgehead atoms. The maximum atomic E-state index is 12.7. The SMILES string of the molecule is COC(=O)Cc1[nH]cc(CN)c(=O)c1C(F)F. The molecule has 0 aromatic carbocycles. The van der Waals surface area contributed by atoms with E-state index in [0.717, 1.165) is 7.11 Å². The molecule has 1 heterocycles. The molecule has 0 aliphatic heterocycles. The molecular weight excluding hydrogens is 234 g/mol. The summed E-state index contributed by atoms with van der Waals surface area (Å²) in [6.07, 6.45) is -2.15. The molecule has 0 aliphatic rings. The third-order valence-electron chi connectivity index (χ3n) is 2.27. The van der Waals surface area contributed by atoms with Crippen molar-refractivity contribution in [2.75, 3.05) is 7.11 Å².